The zero-order valence-corrected chi connectivity index (χ0v) is 15.1. The number of quaternary nitrogens is 1. The highest BCUT2D eigenvalue weighted by molar-refractivity contribution is 7.99. The molecule has 0 amide bonds. The molecule has 0 spiro atoms. The Morgan fingerprint density at radius 3 is 2.76 bits per heavy atom. The summed E-state index contributed by atoms with van der Waals surface area (Å²) in [6, 6.07) is 17.6. The van der Waals surface area contributed by atoms with Gasteiger partial charge < -0.3 is 14.5 Å². The van der Waals surface area contributed by atoms with E-state index in [4.69, 9.17) is 9.15 Å². The average Bonchev–Trinajstić information content (AvgIpc) is 2.64. The van der Waals surface area contributed by atoms with E-state index in [0.29, 0.717) is 11.3 Å². The summed E-state index contributed by atoms with van der Waals surface area (Å²) < 4.78 is 10.5. The SMILES string of the molecule is COc1ccc2c(C[NH2+]CCCSc3ccccc3)cc(=O)oc2c1. The van der Waals surface area contributed by atoms with Gasteiger partial charge in [-0.25, -0.2) is 4.79 Å². The quantitative estimate of drug-likeness (QED) is 0.383. The molecule has 0 radical (unpaired) electrons. The first-order valence-electron chi connectivity index (χ1n) is 8.36. The highest BCUT2D eigenvalue weighted by atomic mass is 32.2. The normalized spacial score (nSPS) is 10.9. The first kappa shape index (κ1) is 17.6. The number of nitrogens with two attached hydrogens (primary N) is 1. The topological polar surface area (TPSA) is 56.0 Å². The number of thioether (sulfide) groups is 1. The van der Waals surface area contributed by atoms with Gasteiger partial charge in [0.2, 0.25) is 0 Å². The molecule has 0 atom stereocenters. The number of rotatable bonds is 8. The Morgan fingerprint density at radius 2 is 1.96 bits per heavy atom. The van der Waals surface area contributed by atoms with Crippen LogP contribution >= 0.6 is 11.8 Å². The van der Waals surface area contributed by atoms with Crippen molar-refractivity contribution in [1.82, 2.24) is 0 Å². The first-order chi connectivity index (χ1) is 12.3. The van der Waals surface area contributed by atoms with Crippen molar-refractivity contribution < 1.29 is 14.5 Å². The lowest BCUT2D eigenvalue weighted by atomic mass is 10.1. The standard InChI is InChI=1S/C20H21NO3S/c1-23-16-8-9-18-15(12-20(22)24-19(18)13-16)14-21-10-5-11-25-17-6-3-2-4-7-17/h2-4,6-9,12-13,21H,5,10-11,14H2,1H3/p+1. The van der Waals surface area contributed by atoms with Crippen LogP contribution in [0.4, 0.5) is 0 Å². The molecular formula is C20H22NO3S+. The molecule has 0 unspecified atom stereocenters. The second-order valence-corrected chi connectivity index (χ2v) is 6.92. The fraction of sp³-hybridized carbons (Fsp3) is 0.250. The van der Waals surface area contributed by atoms with Gasteiger partial charge in [-0.2, -0.15) is 0 Å². The van der Waals surface area contributed by atoms with Crippen molar-refractivity contribution >= 4 is 22.7 Å². The zero-order chi connectivity index (χ0) is 17.5. The third-order valence-electron chi connectivity index (χ3n) is 3.97. The molecule has 0 aliphatic rings. The minimum atomic E-state index is -0.316. The van der Waals surface area contributed by atoms with Crippen LogP contribution in [-0.2, 0) is 6.54 Å². The summed E-state index contributed by atoms with van der Waals surface area (Å²) >= 11 is 1.88. The highest BCUT2D eigenvalue weighted by Gasteiger charge is 2.08. The lowest BCUT2D eigenvalue weighted by Gasteiger charge is -2.06. The molecule has 2 aromatic carbocycles. The van der Waals surface area contributed by atoms with Gasteiger partial charge in [-0.05, 0) is 24.3 Å². The molecule has 0 aliphatic heterocycles. The van der Waals surface area contributed by atoms with E-state index in [1.165, 1.54) is 4.90 Å². The maximum absolute atomic E-state index is 11.8. The molecule has 0 aliphatic carbocycles. The van der Waals surface area contributed by atoms with E-state index in [-0.39, 0.29) is 5.63 Å². The third kappa shape index (κ3) is 4.87. The van der Waals surface area contributed by atoms with E-state index in [9.17, 15) is 4.79 Å². The van der Waals surface area contributed by atoms with Crippen LogP contribution in [0, 0.1) is 0 Å². The summed E-state index contributed by atoms with van der Waals surface area (Å²) in [7, 11) is 1.60. The first-order valence-corrected chi connectivity index (χ1v) is 9.35. The van der Waals surface area contributed by atoms with Gasteiger partial charge in [0.05, 0.1) is 13.7 Å². The van der Waals surface area contributed by atoms with Crippen molar-refractivity contribution in [2.24, 2.45) is 0 Å². The fourth-order valence-electron chi connectivity index (χ4n) is 2.70. The summed E-state index contributed by atoms with van der Waals surface area (Å²) in [5.41, 5.74) is 1.27. The predicted molar refractivity (Wildman–Crippen MR) is 101 cm³/mol. The van der Waals surface area contributed by atoms with E-state index in [1.807, 2.05) is 30.0 Å². The molecule has 4 nitrogen and oxygen atoms in total. The maximum atomic E-state index is 11.8. The van der Waals surface area contributed by atoms with E-state index < -0.39 is 0 Å². The minimum Gasteiger partial charge on any atom is -0.497 e. The van der Waals surface area contributed by atoms with Crippen LogP contribution in [0.3, 0.4) is 0 Å². The molecule has 0 saturated heterocycles. The Kier molecular flexibility index (Phi) is 6.14. The van der Waals surface area contributed by atoms with Crippen LogP contribution in [0.25, 0.3) is 11.0 Å². The molecule has 5 heteroatoms. The number of benzene rings is 2. The molecule has 0 bridgehead atoms. The Labute approximate surface area is 151 Å². The smallest absolute Gasteiger partial charge is 0.336 e. The molecule has 3 rings (SSSR count). The molecule has 130 valence electrons. The van der Waals surface area contributed by atoms with E-state index in [2.05, 4.69) is 29.6 Å². The zero-order valence-electron chi connectivity index (χ0n) is 14.2. The molecule has 1 aromatic heterocycles. The third-order valence-corrected chi connectivity index (χ3v) is 5.06. The Bertz CT molecular complexity index is 877. The second kappa shape index (κ2) is 8.74. The van der Waals surface area contributed by atoms with Gasteiger partial charge in [-0.1, -0.05) is 18.2 Å². The Balaban J connectivity index is 1.53. The molecule has 0 fully saturated rings. The van der Waals surface area contributed by atoms with E-state index >= 15 is 0 Å². The summed E-state index contributed by atoms with van der Waals surface area (Å²) in [6.07, 6.45) is 1.12. The largest absolute Gasteiger partial charge is 0.497 e. The van der Waals surface area contributed by atoms with Crippen molar-refractivity contribution in [2.75, 3.05) is 19.4 Å². The average molecular weight is 356 g/mol. The summed E-state index contributed by atoms with van der Waals surface area (Å²) in [5.74, 6) is 1.78. The lowest BCUT2D eigenvalue weighted by Crippen LogP contribution is -2.82. The van der Waals surface area contributed by atoms with Crippen molar-refractivity contribution in [3.63, 3.8) is 0 Å². The van der Waals surface area contributed by atoms with E-state index in [1.54, 1.807) is 19.2 Å². The molecule has 2 N–H and O–H groups in total. The summed E-state index contributed by atoms with van der Waals surface area (Å²) in [5, 5.41) is 3.21. The summed E-state index contributed by atoms with van der Waals surface area (Å²) in [4.78, 5) is 13.1. The van der Waals surface area contributed by atoms with Gasteiger partial charge in [-0.3, -0.25) is 0 Å². The van der Waals surface area contributed by atoms with Gasteiger partial charge in [0, 0.05) is 40.2 Å². The van der Waals surface area contributed by atoms with Crippen molar-refractivity contribution in [3.05, 3.63) is 70.6 Å². The number of fused-ring (bicyclic) bond motifs is 1. The fourth-order valence-corrected chi connectivity index (χ4v) is 3.59. The molecular weight excluding hydrogens is 334 g/mol. The van der Waals surface area contributed by atoms with E-state index in [0.717, 1.165) is 36.2 Å². The van der Waals surface area contributed by atoms with Gasteiger partial charge in [0.1, 0.15) is 17.9 Å². The molecule has 3 aromatic rings. The van der Waals surface area contributed by atoms with Crippen LogP contribution in [0.2, 0.25) is 0 Å². The van der Waals surface area contributed by atoms with Crippen molar-refractivity contribution in [3.8, 4) is 5.75 Å². The van der Waals surface area contributed by atoms with Crippen LogP contribution in [-0.4, -0.2) is 19.4 Å². The number of ether oxygens (including phenoxy) is 1. The van der Waals surface area contributed by atoms with Gasteiger partial charge in [0.25, 0.3) is 0 Å². The van der Waals surface area contributed by atoms with Gasteiger partial charge in [-0.15, -0.1) is 11.8 Å². The lowest BCUT2D eigenvalue weighted by molar-refractivity contribution is -0.670. The highest BCUT2D eigenvalue weighted by Crippen LogP contribution is 2.22. The van der Waals surface area contributed by atoms with Gasteiger partial charge >= 0.3 is 5.63 Å². The van der Waals surface area contributed by atoms with Crippen LogP contribution in [0.1, 0.15) is 12.0 Å². The van der Waals surface area contributed by atoms with Crippen molar-refractivity contribution in [2.45, 2.75) is 17.9 Å². The number of hydrogen-bond donors (Lipinski definition) is 1. The Morgan fingerprint density at radius 1 is 1.12 bits per heavy atom. The van der Waals surface area contributed by atoms with Crippen LogP contribution in [0.5, 0.6) is 5.75 Å². The predicted octanol–water partition coefficient (Wildman–Crippen LogP) is 3.05. The monoisotopic (exact) mass is 356 g/mol. The molecule has 1 heterocycles. The second-order valence-electron chi connectivity index (χ2n) is 5.75. The van der Waals surface area contributed by atoms with Crippen LogP contribution < -0.4 is 15.7 Å². The Hall–Kier alpha value is -2.24. The van der Waals surface area contributed by atoms with Crippen LogP contribution in [0.15, 0.2) is 68.7 Å². The molecule has 25 heavy (non-hydrogen) atoms. The minimum absolute atomic E-state index is 0.316. The number of methoxy groups -OCH3 is 1. The maximum Gasteiger partial charge on any atom is 0.336 e. The van der Waals surface area contributed by atoms with Crippen molar-refractivity contribution in [1.29, 1.82) is 0 Å². The molecule has 0 saturated carbocycles. The summed E-state index contributed by atoms with van der Waals surface area (Å²) in [6.45, 7) is 1.79. The van der Waals surface area contributed by atoms with Gasteiger partial charge in [0.15, 0.2) is 0 Å². The number of hydrogen-bond acceptors (Lipinski definition) is 4.